The second kappa shape index (κ2) is 3.93. The third-order valence-electron chi connectivity index (χ3n) is 2.33. The van der Waals surface area contributed by atoms with Gasteiger partial charge in [-0.2, -0.15) is 0 Å². The van der Waals surface area contributed by atoms with E-state index in [9.17, 15) is 15.0 Å². The molecule has 1 aliphatic rings. The van der Waals surface area contributed by atoms with Crippen molar-refractivity contribution in [1.29, 1.82) is 0 Å². The normalized spacial score (nSPS) is 27.8. The van der Waals surface area contributed by atoms with Crippen LogP contribution < -0.4 is 0 Å². The number of likely N-dealkylation sites (tertiary alicyclic amines) is 1. The number of rotatable bonds is 1. The molecule has 2 amide bonds. The molecule has 0 aromatic heterocycles. The minimum atomic E-state index is -0.797. The highest BCUT2D eigenvalue weighted by Crippen LogP contribution is 2.11. The molecule has 13 heavy (non-hydrogen) atoms. The molecular weight excluding hydrogens is 172 g/mol. The standard InChI is InChI=1S/C8H16N2O3/c1-3-9(2)8(13)10-4-6(11)7(12)5-10/h6-7,11-12H,3-5H2,1-2H3/t6-,7+. The quantitative estimate of drug-likeness (QED) is 0.560. The first-order valence-corrected chi connectivity index (χ1v) is 4.42. The highest BCUT2D eigenvalue weighted by atomic mass is 16.3. The summed E-state index contributed by atoms with van der Waals surface area (Å²) in [6, 6.07) is -0.141. The van der Waals surface area contributed by atoms with Gasteiger partial charge in [-0.25, -0.2) is 4.79 Å². The van der Waals surface area contributed by atoms with Crippen LogP contribution in [0.15, 0.2) is 0 Å². The van der Waals surface area contributed by atoms with E-state index < -0.39 is 12.2 Å². The Morgan fingerprint density at radius 3 is 2.31 bits per heavy atom. The van der Waals surface area contributed by atoms with E-state index in [0.29, 0.717) is 6.54 Å². The average molecular weight is 188 g/mol. The largest absolute Gasteiger partial charge is 0.388 e. The van der Waals surface area contributed by atoms with Crippen molar-refractivity contribution in [1.82, 2.24) is 9.80 Å². The minimum Gasteiger partial charge on any atom is -0.388 e. The van der Waals surface area contributed by atoms with E-state index in [1.807, 2.05) is 6.92 Å². The zero-order valence-electron chi connectivity index (χ0n) is 7.97. The van der Waals surface area contributed by atoms with Crippen LogP contribution in [0.3, 0.4) is 0 Å². The molecule has 0 unspecified atom stereocenters. The van der Waals surface area contributed by atoms with Crippen LogP contribution in [0.5, 0.6) is 0 Å². The maximum Gasteiger partial charge on any atom is 0.319 e. The zero-order chi connectivity index (χ0) is 10.0. The lowest BCUT2D eigenvalue weighted by Gasteiger charge is -2.22. The van der Waals surface area contributed by atoms with Crippen molar-refractivity contribution in [3.8, 4) is 0 Å². The summed E-state index contributed by atoms with van der Waals surface area (Å²) in [6.45, 7) is 2.96. The molecule has 0 radical (unpaired) electrons. The van der Waals surface area contributed by atoms with Gasteiger partial charge < -0.3 is 20.0 Å². The van der Waals surface area contributed by atoms with E-state index in [4.69, 9.17) is 0 Å². The fourth-order valence-electron chi connectivity index (χ4n) is 1.30. The Morgan fingerprint density at radius 1 is 1.46 bits per heavy atom. The maximum absolute atomic E-state index is 11.5. The number of urea groups is 1. The maximum atomic E-state index is 11.5. The average Bonchev–Trinajstić information content (AvgIpc) is 2.44. The van der Waals surface area contributed by atoms with E-state index in [1.165, 1.54) is 4.90 Å². The van der Waals surface area contributed by atoms with Gasteiger partial charge >= 0.3 is 6.03 Å². The third-order valence-corrected chi connectivity index (χ3v) is 2.33. The van der Waals surface area contributed by atoms with Gasteiger partial charge in [-0.15, -0.1) is 0 Å². The van der Waals surface area contributed by atoms with Crippen molar-refractivity contribution in [2.24, 2.45) is 0 Å². The number of β-amino-alcohol motifs (C(OH)–C–C–N with tert-alkyl or cyclic N) is 2. The van der Waals surface area contributed by atoms with E-state index in [1.54, 1.807) is 11.9 Å². The Morgan fingerprint density at radius 2 is 1.92 bits per heavy atom. The SMILES string of the molecule is CCN(C)C(=O)N1C[C@@H](O)[C@@H](O)C1. The summed E-state index contributed by atoms with van der Waals surface area (Å²) in [5.41, 5.74) is 0. The lowest BCUT2D eigenvalue weighted by molar-refractivity contribution is 0.0572. The summed E-state index contributed by atoms with van der Waals surface area (Å²) in [7, 11) is 1.69. The second-order valence-electron chi connectivity index (χ2n) is 3.34. The number of carbonyl (C=O) groups excluding carboxylic acids is 1. The molecule has 0 aliphatic carbocycles. The van der Waals surface area contributed by atoms with E-state index in [2.05, 4.69) is 0 Å². The number of nitrogens with zero attached hydrogens (tertiary/aromatic N) is 2. The number of carbonyl (C=O) groups is 1. The zero-order valence-corrected chi connectivity index (χ0v) is 7.97. The summed E-state index contributed by atoms with van der Waals surface area (Å²) >= 11 is 0. The molecule has 1 aliphatic heterocycles. The molecule has 0 aromatic rings. The van der Waals surface area contributed by atoms with E-state index in [-0.39, 0.29) is 19.1 Å². The van der Waals surface area contributed by atoms with Gasteiger partial charge in [0.15, 0.2) is 0 Å². The number of amides is 2. The van der Waals surface area contributed by atoms with Crippen LogP contribution >= 0.6 is 0 Å². The van der Waals surface area contributed by atoms with Gasteiger partial charge in [-0.3, -0.25) is 0 Å². The van der Waals surface area contributed by atoms with Crippen molar-refractivity contribution in [3.63, 3.8) is 0 Å². The Bertz CT molecular complexity index is 188. The minimum absolute atomic E-state index is 0.141. The molecule has 2 atom stereocenters. The molecule has 1 saturated heterocycles. The molecule has 0 bridgehead atoms. The summed E-state index contributed by atoms with van der Waals surface area (Å²) < 4.78 is 0. The van der Waals surface area contributed by atoms with Crippen LogP contribution in [-0.4, -0.2) is 64.9 Å². The molecule has 1 rings (SSSR count). The highest BCUT2D eigenvalue weighted by Gasteiger charge is 2.33. The first-order chi connectivity index (χ1) is 6.06. The Kier molecular flexibility index (Phi) is 3.11. The molecule has 0 saturated carbocycles. The summed E-state index contributed by atoms with van der Waals surface area (Å²) in [6.07, 6.45) is -1.59. The van der Waals surface area contributed by atoms with E-state index >= 15 is 0 Å². The second-order valence-corrected chi connectivity index (χ2v) is 3.34. The van der Waals surface area contributed by atoms with Gasteiger partial charge in [-0.1, -0.05) is 0 Å². The smallest absolute Gasteiger partial charge is 0.319 e. The van der Waals surface area contributed by atoms with Crippen molar-refractivity contribution < 1.29 is 15.0 Å². The van der Waals surface area contributed by atoms with Gasteiger partial charge in [0, 0.05) is 13.6 Å². The Labute approximate surface area is 77.6 Å². The first kappa shape index (κ1) is 10.3. The topological polar surface area (TPSA) is 64.0 Å². The highest BCUT2D eigenvalue weighted by molar-refractivity contribution is 5.74. The third kappa shape index (κ3) is 2.10. The van der Waals surface area contributed by atoms with Gasteiger partial charge in [0.25, 0.3) is 0 Å². The van der Waals surface area contributed by atoms with E-state index in [0.717, 1.165) is 0 Å². The summed E-state index contributed by atoms with van der Waals surface area (Å²) in [4.78, 5) is 14.5. The van der Waals surface area contributed by atoms with Crippen LogP contribution in [0.25, 0.3) is 0 Å². The molecule has 0 aromatic carbocycles. The molecule has 2 N–H and O–H groups in total. The Hall–Kier alpha value is -0.810. The molecular formula is C8H16N2O3. The predicted octanol–water partition coefficient (Wildman–Crippen LogP) is -0.905. The van der Waals surface area contributed by atoms with Gasteiger partial charge in [-0.05, 0) is 6.92 Å². The van der Waals surface area contributed by atoms with Crippen LogP contribution in [0, 0.1) is 0 Å². The van der Waals surface area contributed by atoms with Crippen molar-refractivity contribution >= 4 is 6.03 Å². The monoisotopic (exact) mass is 188 g/mol. The number of hydrogen-bond donors (Lipinski definition) is 2. The van der Waals surface area contributed by atoms with Crippen LogP contribution in [-0.2, 0) is 0 Å². The van der Waals surface area contributed by atoms with Crippen molar-refractivity contribution in [2.75, 3.05) is 26.7 Å². The van der Waals surface area contributed by atoms with Crippen LogP contribution in [0.1, 0.15) is 6.92 Å². The van der Waals surface area contributed by atoms with Crippen molar-refractivity contribution in [2.45, 2.75) is 19.1 Å². The molecule has 0 spiro atoms. The van der Waals surface area contributed by atoms with Crippen LogP contribution in [0.4, 0.5) is 4.79 Å². The fourth-order valence-corrected chi connectivity index (χ4v) is 1.30. The van der Waals surface area contributed by atoms with Crippen LogP contribution in [0.2, 0.25) is 0 Å². The Balaban J connectivity index is 2.50. The van der Waals surface area contributed by atoms with Gasteiger partial charge in [0.2, 0.25) is 0 Å². The first-order valence-electron chi connectivity index (χ1n) is 4.42. The fraction of sp³-hybridized carbons (Fsp3) is 0.875. The lowest BCUT2D eigenvalue weighted by Crippen LogP contribution is -2.40. The molecule has 5 heteroatoms. The molecule has 76 valence electrons. The predicted molar refractivity (Wildman–Crippen MR) is 47.3 cm³/mol. The van der Waals surface area contributed by atoms with Gasteiger partial charge in [0.1, 0.15) is 0 Å². The van der Waals surface area contributed by atoms with Gasteiger partial charge in [0.05, 0.1) is 25.3 Å². The number of aliphatic hydroxyl groups is 2. The molecule has 1 heterocycles. The van der Waals surface area contributed by atoms with Crippen molar-refractivity contribution in [3.05, 3.63) is 0 Å². The molecule has 1 fully saturated rings. The number of aliphatic hydroxyl groups excluding tert-OH is 2. The molecule has 5 nitrogen and oxygen atoms in total. The lowest BCUT2D eigenvalue weighted by atomic mass is 10.3. The summed E-state index contributed by atoms with van der Waals surface area (Å²) in [5, 5.41) is 18.4. The number of hydrogen-bond acceptors (Lipinski definition) is 3. The summed E-state index contributed by atoms with van der Waals surface area (Å²) in [5.74, 6) is 0.